The maximum absolute atomic E-state index is 3.29. The molecule has 0 aromatic heterocycles. The van der Waals surface area contributed by atoms with Crippen LogP contribution in [-0.2, 0) is 6.54 Å². The largest absolute Gasteiger partial charge is 0.366 e. The average molecular weight is 352 g/mol. The molecule has 3 rings (SSSR count). The predicted molar refractivity (Wildman–Crippen MR) is 119 cm³/mol. The lowest BCUT2D eigenvalue weighted by atomic mass is 10.0. The van der Waals surface area contributed by atoms with E-state index in [9.17, 15) is 0 Å². The van der Waals surface area contributed by atoms with Crippen LogP contribution < -0.4 is 4.90 Å². The SMILES string of the molecule is CC.CCC.CCC.CCN1Cc2ccccc2C#Cc2ccccc21. The monoisotopic (exact) mass is 351 g/mol. The molecule has 0 fully saturated rings. The first-order valence-corrected chi connectivity index (χ1v) is 10.1. The van der Waals surface area contributed by atoms with Crippen molar-refractivity contribution < 1.29 is 0 Å². The quantitative estimate of drug-likeness (QED) is 0.488. The Morgan fingerprint density at radius 2 is 1.19 bits per heavy atom. The highest BCUT2D eigenvalue weighted by molar-refractivity contribution is 5.64. The van der Waals surface area contributed by atoms with Crippen molar-refractivity contribution in [3.8, 4) is 11.8 Å². The Bertz CT molecular complexity index is 659. The van der Waals surface area contributed by atoms with Gasteiger partial charge in [0.25, 0.3) is 0 Å². The number of para-hydroxylation sites is 1. The van der Waals surface area contributed by atoms with Gasteiger partial charge in [0.2, 0.25) is 0 Å². The molecule has 142 valence electrons. The van der Waals surface area contributed by atoms with E-state index in [1.54, 1.807) is 0 Å². The Balaban J connectivity index is 0.000000679. The van der Waals surface area contributed by atoms with Gasteiger partial charge < -0.3 is 4.90 Å². The zero-order valence-electron chi connectivity index (χ0n) is 17.9. The van der Waals surface area contributed by atoms with Crippen molar-refractivity contribution in [1.82, 2.24) is 0 Å². The van der Waals surface area contributed by atoms with Crippen LogP contribution in [0.15, 0.2) is 48.5 Å². The van der Waals surface area contributed by atoms with Crippen LogP contribution in [0, 0.1) is 11.8 Å². The van der Waals surface area contributed by atoms with Crippen molar-refractivity contribution >= 4 is 5.69 Å². The molecule has 0 aliphatic carbocycles. The van der Waals surface area contributed by atoms with Gasteiger partial charge in [0, 0.05) is 24.2 Å². The number of anilines is 1. The topological polar surface area (TPSA) is 3.24 Å². The zero-order chi connectivity index (χ0) is 19.8. The Morgan fingerprint density at radius 1 is 0.731 bits per heavy atom. The molecule has 1 nitrogen and oxygen atoms in total. The molecule has 1 heterocycles. The van der Waals surface area contributed by atoms with Gasteiger partial charge in [-0.1, -0.05) is 96.6 Å². The van der Waals surface area contributed by atoms with Crippen molar-refractivity contribution in [2.75, 3.05) is 11.4 Å². The molecule has 0 bridgehead atoms. The average Bonchev–Trinajstić information content (AvgIpc) is 2.67. The van der Waals surface area contributed by atoms with E-state index in [2.05, 4.69) is 99.9 Å². The van der Waals surface area contributed by atoms with Crippen LogP contribution in [0.3, 0.4) is 0 Å². The van der Waals surface area contributed by atoms with E-state index < -0.39 is 0 Å². The third-order valence-corrected chi connectivity index (χ3v) is 3.34. The summed E-state index contributed by atoms with van der Waals surface area (Å²) in [7, 11) is 0. The van der Waals surface area contributed by atoms with E-state index in [1.807, 2.05) is 13.8 Å². The minimum absolute atomic E-state index is 0.929. The number of hydrogen-bond donors (Lipinski definition) is 0. The van der Waals surface area contributed by atoms with E-state index in [1.165, 1.54) is 24.1 Å². The lowest BCUT2D eigenvalue weighted by Crippen LogP contribution is -2.24. The molecule has 0 saturated heterocycles. The molecule has 0 spiro atoms. The Morgan fingerprint density at radius 3 is 1.77 bits per heavy atom. The summed E-state index contributed by atoms with van der Waals surface area (Å²) in [6.45, 7) is 16.6. The first-order chi connectivity index (χ1) is 12.7. The summed E-state index contributed by atoms with van der Waals surface area (Å²) in [4.78, 5) is 2.38. The fourth-order valence-corrected chi connectivity index (χ4v) is 2.34. The van der Waals surface area contributed by atoms with Gasteiger partial charge in [-0.2, -0.15) is 0 Å². The molecule has 1 heteroatoms. The van der Waals surface area contributed by atoms with Crippen LogP contribution >= 0.6 is 0 Å². The first kappa shape index (κ1) is 23.8. The van der Waals surface area contributed by atoms with Crippen LogP contribution in [-0.4, -0.2) is 6.54 Å². The highest BCUT2D eigenvalue weighted by Crippen LogP contribution is 2.24. The standard InChI is InChI=1S/C17H15N.2C3H8.C2H6/c1-2-18-13-16-9-4-3-7-14(16)11-12-15-8-5-6-10-17(15)18;2*1-3-2;1-2/h3-10H,2,13H2,1H3;2*3H2,1-2H3;1-2H3. The highest BCUT2D eigenvalue weighted by Gasteiger charge is 2.12. The molecule has 0 saturated carbocycles. The summed E-state index contributed by atoms with van der Waals surface area (Å²) < 4.78 is 0. The van der Waals surface area contributed by atoms with Gasteiger partial charge in [-0.3, -0.25) is 0 Å². The summed E-state index contributed by atoms with van der Waals surface area (Å²) in [5, 5.41) is 0. The lowest BCUT2D eigenvalue weighted by Gasteiger charge is -2.26. The van der Waals surface area contributed by atoms with Gasteiger partial charge >= 0.3 is 0 Å². The van der Waals surface area contributed by atoms with Crippen molar-refractivity contribution in [2.45, 2.75) is 67.9 Å². The summed E-state index contributed by atoms with van der Waals surface area (Å²) in [5.74, 6) is 6.58. The van der Waals surface area contributed by atoms with Gasteiger partial charge in [-0.25, -0.2) is 0 Å². The molecule has 1 aliphatic rings. The van der Waals surface area contributed by atoms with Crippen molar-refractivity contribution in [3.05, 3.63) is 65.2 Å². The van der Waals surface area contributed by atoms with Crippen LogP contribution in [0.4, 0.5) is 5.69 Å². The smallest absolute Gasteiger partial charge is 0.0528 e. The molecule has 0 N–H and O–H groups in total. The number of nitrogens with zero attached hydrogens (tertiary/aromatic N) is 1. The highest BCUT2D eigenvalue weighted by atomic mass is 15.1. The summed E-state index contributed by atoms with van der Waals surface area (Å²) in [6.07, 6.45) is 2.50. The third kappa shape index (κ3) is 7.79. The van der Waals surface area contributed by atoms with Crippen molar-refractivity contribution in [2.24, 2.45) is 0 Å². The molecule has 0 unspecified atom stereocenters. The molecular weight excluding hydrogens is 314 g/mol. The molecule has 26 heavy (non-hydrogen) atoms. The van der Waals surface area contributed by atoms with Crippen LogP contribution in [0.25, 0.3) is 0 Å². The molecule has 0 atom stereocenters. The third-order valence-electron chi connectivity index (χ3n) is 3.34. The molecule has 1 aliphatic heterocycles. The molecular formula is C25H37N. The van der Waals surface area contributed by atoms with Gasteiger partial charge in [0.15, 0.2) is 0 Å². The number of benzene rings is 2. The van der Waals surface area contributed by atoms with E-state index >= 15 is 0 Å². The number of hydrogen-bond acceptors (Lipinski definition) is 1. The van der Waals surface area contributed by atoms with Gasteiger partial charge in [0.05, 0.1) is 5.69 Å². The normalized spacial score (nSPS) is 10.3. The zero-order valence-corrected chi connectivity index (χ0v) is 17.9. The van der Waals surface area contributed by atoms with Gasteiger partial charge in [-0.05, 0) is 30.7 Å². The minimum atomic E-state index is 0.929. The predicted octanol–water partition coefficient (Wildman–Crippen LogP) is 7.29. The summed E-state index contributed by atoms with van der Waals surface area (Å²) >= 11 is 0. The second-order valence-corrected chi connectivity index (χ2v) is 5.85. The fraction of sp³-hybridized carbons (Fsp3) is 0.440. The van der Waals surface area contributed by atoms with Crippen molar-refractivity contribution in [3.63, 3.8) is 0 Å². The summed E-state index contributed by atoms with van der Waals surface area (Å²) in [6, 6.07) is 16.8. The maximum atomic E-state index is 3.29. The Kier molecular flexibility index (Phi) is 13.8. The van der Waals surface area contributed by atoms with Gasteiger partial charge in [0.1, 0.15) is 0 Å². The van der Waals surface area contributed by atoms with Crippen LogP contribution in [0.5, 0.6) is 0 Å². The van der Waals surface area contributed by atoms with E-state index in [4.69, 9.17) is 0 Å². The Hall–Kier alpha value is -2.20. The second-order valence-electron chi connectivity index (χ2n) is 5.85. The Labute approximate surface area is 162 Å². The minimum Gasteiger partial charge on any atom is -0.366 e. The number of rotatable bonds is 1. The molecule has 0 radical (unpaired) electrons. The fourth-order valence-electron chi connectivity index (χ4n) is 2.34. The molecule has 2 aromatic rings. The van der Waals surface area contributed by atoms with Gasteiger partial charge in [-0.15, -0.1) is 0 Å². The van der Waals surface area contributed by atoms with Crippen LogP contribution in [0.2, 0.25) is 0 Å². The van der Waals surface area contributed by atoms with Crippen LogP contribution in [0.1, 0.15) is 78.0 Å². The number of fused-ring (bicyclic) bond motifs is 2. The first-order valence-electron chi connectivity index (χ1n) is 10.1. The molecule has 2 aromatic carbocycles. The van der Waals surface area contributed by atoms with E-state index in [0.29, 0.717) is 0 Å². The lowest BCUT2D eigenvalue weighted by molar-refractivity contribution is 0.828. The van der Waals surface area contributed by atoms with Crippen molar-refractivity contribution in [1.29, 1.82) is 0 Å². The molecule has 0 amide bonds. The second kappa shape index (κ2) is 15.1. The van der Waals surface area contributed by atoms with E-state index in [0.717, 1.165) is 24.2 Å². The van der Waals surface area contributed by atoms with E-state index in [-0.39, 0.29) is 0 Å². The maximum Gasteiger partial charge on any atom is 0.0528 e. The summed E-state index contributed by atoms with van der Waals surface area (Å²) in [5.41, 5.74) is 4.81.